The predicted molar refractivity (Wildman–Crippen MR) is 112 cm³/mol. The van der Waals surface area contributed by atoms with Crippen LogP contribution in [0.15, 0.2) is 47.7 Å². The zero-order valence-corrected chi connectivity index (χ0v) is 16.9. The minimum atomic E-state index is -3.50. The molecule has 2 aliphatic rings. The quantitative estimate of drug-likeness (QED) is 0.704. The van der Waals surface area contributed by atoms with E-state index < -0.39 is 15.3 Å². The summed E-state index contributed by atoms with van der Waals surface area (Å²) in [4.78, 5) is 8.44. The van der Waals surface area contributed by atoms with Crippen LogP contribution in [0.5, 0.6) is 11.5 Å². The molecule has 0 spiro atoms. The number of benzene rings is 1. The van der Waals surface area contributed by atoms with Gasteiger partial charge in [0.2, 0.25) is 16.8 Å². The Kier molecular flexibility index (Phi) is 5.64. The van der Waals surface area contributed by atoms with E-state index in [2.05, 4.69) is 14.7 Å². The lowest BCUT2D eigenvalue weighted by molar-refractivity contribution is 0.174. The summed E-state index contributed by atoms with van der Waals surface area (Å²) in [7, 11) is -3.50. The molecule has 0 saturated carbocycles. The number of hydrogen-bond acceptors (Lipinski definition) is 6. The first kappa shape index (κ1) is 19.6. The monoisotopic (exact) mass is 413 g/mol. The van der Waals surface area contributed by atoms with Gasteiger partial charge in [-0.2, -0.15) is 0 Å². The number of ether oxygens (including phenoxy) is 2. The zero-order valence-electron chi connectivity index (χ0n) is 16.1. The topological polar surface area (TPSA) is 89.9 Å². The highest BCUT2D eigenvalue weighted by molar-refractivity contribution is 7.90. The fraction of sp³-hybridized carbons (Fsp3) is 0.333. The Morgan fingerprint density at radius 3 is 3.07 bits per heavy atom. The first-order valence-corrected chi connectivity index (χ1v) is 11.1. The first-order valence-electron chi connectivity index (χ1n) is 9.52. The summed E-state index contributed by atoms with van der Waals surface area (Å²) in [5.41, 5.74) is 3.06. The smallest absolute Gasteiger partial charge is 0.231 e. The van der Waals surface area contributed by atoms with Crippen LogP contribution in [0.1, 0.15) is 23.6 Å². The number of fused-ring (bicyclic) bond motifs is 2. The van der Waals surface area contributed by atoms with Gasteiger partial charge in [-0.05, 0) is 54.7 Å². The van der Waals surface area contributed by atoms with E-state index >= 15 is 0 Å². The Morgan fingerprint density at radius 1 is 1.31 bits per heavy atom. The highest BCUT2D eigenvalue weighted by Crippen LogP contribution is 2.32. The second-order valence-corrected chi connectivity index (χ2v) is 9.05. The molecular weight excluding hydrogens is 390 g/mol. The van der Waals surface area contributed by atoms with Crippen molar-refractivity contribution in [2.45, 2.75) is 31.1 Å². The van der Waals surface area contributed by atoms with E-state index in [9.17, 15) is 8.42 Å². The Bertz CT molecular complexity index is 1050. The molecule has 0 saturated heterocycles. The van der Waals surface area contributed by atoms with Gasteiger partial charge >= 0.3 is 0 Å². The van der Waals surface area contributed by atoms with Crippen molar-refractivity contribution in [1.29, 1.82) is 0 Å². The second kappa shape index (κ2) is 8.34. The van der Waals surface area contributed by atoms with E-state index in [1.807, 2.05) is 30.3 Å². The van der Waals surface area contributed by atoms with Gasteiger partial charge in [0.25, 0.3) is 0 Å². The van der Waals surface area contributed by atoms with E-state index in [0.29, 0.717) is 13.0 Å². The number of rotatable bonds is 7. The van der Waals surface area contributed by atoms with Gasteiger partial charge in [0.1, 0.15) is 0 Å². The predicted octanol–water partition coefficient (Wildman–Crippen LogP) is 2.37. The maximum absolute atomic E-state index is 12.7. The van der Waals surface area contributed by atoms with Crippen LogP contribution in [0.25, 0.3) is 6.08 Å². The summed E-state index contributed by atoms with van der Waals surface area (Å²) < 4.78 is 38.8. The molecule has 2 aromatic rings. The Morgan fingerprint density at radius 2 is 2.17 bits per heavy atom. The SMILES string of the molecule is C[C@H](C=NCCc1ccc2c(c1)OCO2)NS(=O)(=O)C1C=Cc2cnccc2C1. The lowest BCUT2D eigenvalue weighted by Crippen LogP contribution is -2.41. The zero-order chi connectivity index (χ0) is 20.3. The molecule has 0 fully saturated rings. The van der Waals surface area contributed by atoms with Crippen molar-refractivity contribution in [3.05, 3.63) is 59.4 Å². The fourth-order valence-electron chi connectivity index (χ4n) is 3.38. The fourth-order valence-corrected chi connectivity index (χ4v) is 4.82. The number of hydrogen-bond donors (Lipinski definition) is 1. The molecule has 0 amide bonds. The third kappa shape index (κ3) is 4.65. The molecule has 2 atom stereocenters. The first-order chi connectivity index (χ1) is 14.0. The molecule has 4 rings (SSSR count). The number of aliphatic imine (C=N–C) groups is 1. The highest BCUT2D eigenvalue weighted by atomic mass is 32.2. The molecule has 1 N–H and O–H groups in total. The van der Waals surface area contributed by atoms with Crippen LogP contribution < -0.4 is 14.2 Å². The van der Waals surface area contributed by atoms with Gasteiger partial charge in [0, 0.05) is 25.2 Å². The van der Waals surface area contributed by atoms with Gasteiger partial charge in [-0.1, -0.05) is 18.2 Å². The molecule has 1 unspecified atom stereocenters. The highest BCUT2D eigenvalue weighted by Gasteiger charge is 2.27. The van der Waals surface area contributed by atoms with E-state index in [1.54, 1.807) is 31.6 Å². The van der Waals surface area contributed by atoms with Crippen molar-refractivity contribution in [3.63, 3.8) is 0 Å². The van der Waals surface area contributed by atoms with Gasteiger partial charge in [0.05, 0.1) is 11.3 Å². The summed E-state index contributed by atoms with van der Waals surface area (Å²) in [5.74, 6) is 1.52. The molecule has 1 aliphatic heterocycles. The van der Waals surface area contributed by atoms with Crippen LogP contribution in [0.2, 0.25) is 0 Å². The van der Waals surface area contributed by atoms with Crippen LogP contribution in [0, 0.1) is 0 Å². The van der Waals surface area contributed by atoms with Gasteiger partial charge in [-0.25, -0.2) is 13.1 Å². The van der Waals surface area contributed by atoms with Crippen LogP contribution in [-0.2, 0) is 22.9 Å². The molecule has 0 bridgehead atoms. The van der Waals surface area contributed by atoms with Gasteiger partial charge in [-0.15, -0.1) is 0 Å². The van der Waals surface area contributed by atoms with Crippen LogP contribution in [0.3, 0.4) is 0 Å². The van der Waals surface area contributed by atoms with Gasteiger partial charge in [-0.3, -0.25) is 9.98 Å². The van der Waals surface area contributed by atoms with Gasteiger partial charge < -0.3 is 9.47 Å². The van der Waals surface area contributed by atoms with E-state index in [1.165, 1.54) is 0 Å². The summed E-state index contributed by atoms with van der Waals surface area (Å²) in [6.45, 7) is 2.61. The van der Waals surface area contributed by atoms with E-state index in [-0.39, 0.29) is 12.8 Å². The summed E-state index contributed by atoms with van der Waals surface area (Å²) >= 11 is 0. The number of nitrogens with one attached hydrogen (secondary N) is 1. The van der Waals surface area contributed by atoms with Crippen molar-refractivity contribution >= 4 is 22.3 Å². The summed E-state index contributed by atoms with van der Waals surface area (Å²) in [6, 6.07) is 7.31. The lowest BCUT2D eigenvalue weighted by Gasteiger charge is -2.21. The molecule has 1 aromatic carbocycles. The largest absolute Gasteiger partial charge is 0.454 e. The molecule has 152 valence electrons. The molecule has 7 nitrogen and oxygen atoms in total. The maximum atomic E-state index is 12.7. The van der Waals surface area contributed by atoms with E-state index in [4.69, 9.17) is 9.47 Å². The van der Waals surface area contributed by atoms with Crippen molar-refractivity contribution in [2.75, 3.05) is 13.3 Å². The van der Waals surface area contributed by atoms with Crippen LogP contribution in [-0.4, -0.2) is 44.2 Å². The standard InChI is InChI=1S/C21H23N3O4S/c1-15(12-22-8-6-16-2-5-20-21(10-16)28-14-27-20)24-29(25,26)19-4-3-18-13-23-9-7-17(18)11-19/h2-5,7,9-10,12-13,15,19,24H,6,8,11,14H2,1H3/t15-,19?/m1/s1. The number of aromatic nitrogens is 1. The van der Waals surface area contributed by atoms with Crippen LogP contribution >= 0.6 is 0 Å². The van der Waals surface area contributed by atoms with Crippen molar-refractivity contribution in [1.82, 2.24) is 9.71 Å². The average Bonchev–Trinajstić information content (AvgIpc) is 3.18. The van der Waals surface area contributed by atoms with E-state index in [0.717, 1.165) is 34.6 Å². The molecule has 1 aromatic heterocycles. The minimum Gasteiger partial charge on any atom is -0.454 e. The summed E-state index contributed by atoms with van der Waals surface area (Å²) in [5, 5.41) is -0.595. The third-order valence-corrected chi connectivity index (χ3v) is 6.72. The molecular formula is C21H23N3O4S. The Balaban J connectivity index is 1.29. The minimum absolute atomic E-state index is 0.257. The second-order valence-electron chi connectivity index (χ2n) is 7.12. The summed E-state index contributed by atoms with van der Waals surface area (Å²) in [6.07, 6.45) is 9.80. The molecule has 1 aliphatic carbocycles. The van der Waals surface area contributed by atoms with Crippen molar-refractivity contribution < 1.29 is 17.9 Å². The lowest BCUT2D eigenvalue weighted by atomic mass is 10.00. The van der Waals surface area contributed by atoms with Crippen molar-refractivity contribution in [3.8, 4) is 11.5 Å². The van der Waals surface area contributed by atoms with Gasteiger partial charge in [0.15, 0.2) is 11.5 Å². The Labute approximate surface area is 170 Å². The Hall–Kier alpha value is -2.71. The maximum Gasteiger partial charge on any atom is 0.231 e. The number of pyridine rings is 1. The molecule has 8 heteroatoms. The number of nitrogens with zero attached hydrogens (tertiary/aromatic N) is 2. The molecule has 29 heavy (non-hydrogen) atoms. The van der Waals surface area contributed by atoms with Crippen LogP contribution in [0.4, 0.5) is 0 Å². The average molecular weight is 413 g/mol. The molecule has 2 heterocycles. The number of sulfonamides is 1. The third-order valence-electron chi connectivity index (χ3n) is 4.90. The van der Waals surface area contributed by atoms with Crippen molar-refractivity contribution in [2.24, 2.45) is 4.99 Å². The normalized spacial score (nSPS) is 18.7. The molecule has 0 radical (unpaired) electrons.